The van der Waals surface area contributed by atoms with Gasteiger partial charge in [0.15, 0.2) is 0 Å². The van der Waals surface area contributed by atoms with Gasteiger partial charge in [0.05, 0.1) is 6.20 Å². The Hall–Kier alpha value is -1.36. The molecule has 1 aliphatic heterocycles. The second kappa shape index (κ2) is 5.12. The number of carbonyl (C=O) groups is 1. The van der Waals surface area contributed by atoms with Crippen molar-refractivity contribution in [2.45, 2.75) is 38.9 Å². The first-order valence-electron chi connectivity index (χ1n) is 5.79. The Morgan fingerprint density at radius 1 is 1.69 bits per heavy atom. The average molecular weight is 222 g/mol. The largest absolute Gasteiger partial charge is 0.352 e. The van der Waals surface area contributed by atoms with Crippen molar-refractivity contribution in [3.8, 4) is 0 Å². The van der Waals surface area contributed by atoms with Crippen LogP contribution in [-0.4, -0.2) is 28.3 Å². The summed E-state index contributed by atoms with van der Waals surface area (Å²) in [6.45, 7) is 4.62. The van der Waals surface area contributed by atoms with Gasteiger partial charge >= 0.3 is 0 Å². The summed E-state index contributed by atoms with van der Waals surface area (Å²) in [5, 5.41) is 10.5. The Morgan fingerprint density at radius 2 is 2.56 bits per heavy atom. The van der Waals surface area contributed by atoms with Gasteiger partial charge < -0.3 is 10.6 Å². The van der Waals surface area contributed by atoms with Crippen molar-refractivity contribution in [3.05, 3.63) is 18.0 Å². The van der Waals surface area contributed by atoms with Gasteiger partial charge in [-0.25, -0.2) is 0 Å². The highest BCUT2D eigenvalue weighted by Crippen LogP contribution is 2.05. The zero-order valence-electron chi connectivity index (χ0n) is 9.57. The van der Waals surface area contributed by atoms with Crippen LogP contribution in [0, 0.1) is 0 Å². The van der Waals surface area contributed by atoms with E-state index in [4.69, 9.17) is 0 Å². The summed E-state index contributed by atoms with van der Waals surface area (Å²) in [6.07, 6.45) is 5.53. The van der Waals surface area contributed by atoms with Gasteiger partial charge in [0.25, 0.3) is 0 Å². The normalized spacial score (nSPS) is 20.1. The van der Waals surface area contributed by atoms with Crippen LogP contribution in [0.1, 0.15) is 25.3 Å². The summed E-state index contributed by atoms with van der Waals surface area (Å²) < 4.78 is 1.91. The molecule has 0 aromatic carbocycles. The average Bonchev–Trinajstić information content (AvgIpc) is 2.88. The standard InChI is InChI=1S/C11H18N4O/c1-2-15-8-9(6-13-15)5-12-7-10-3-4-11(16)14-10/h6,8,10,12H,2-5,7H2,1H3,(H,14,16). The molecule has 2 N–H and O–H groups in total. The molecule has 0 spiro atoms. The molecule has 0 saturated carbocycles. The third-order valence-corrected chi connectivity index (χ3v) is 2.82. The van der Waals surface area contributed by atoms with Crippen molar-refractivity contribution >= 4 is 5.91 Å². The van der Waals surface area contributed by atoms with Crippen molar-refractivity contribution in [1.29, 1.82) is 0 Å². The van der Waals surface area contributed by atoms with Crippen LogP contribution >= 0.6 is 0 Å². The molecule has 1 aromatic heterocycles. The third kappa shape index (κ3) is 2.82. The number of nitrogens with zero attached hydrogens (tertiary/aromatic N) is 2. The minimum Gasteiger partial charge on any atom is -0.352 e. The van der Waals surface area contributed by atoms with E-state index in [1.165, 1.54) is 5.56 Å². The number of rotatable bonds is 5. The fraction of sp³-hybridized carbons (Fsp3) is 0.636. The quantitative estimate of drug-likeness (QED) is 0.752. The van der Waals surface area contributed by atoms with Crippen LogP contribution in [0.5, 0.6) is 0 Å². The van der Waals surface area contributed by atoms with Crippen molar-refractivity contribution in [2.75, 3.05) is 6.54 Å². The summed E-state index contributed by atoms with van der Waals surface area (Å²) in [7, 11) is 0. The molecule has 0 aliphatic carbocycles. The lowest BCUT2D eigenvalue weighted by Gasteiger charge is -2.10. The second-order valence-corrected chi connectivity index (χ2v) is 4.14. The smallest absolute Gasteiger partial charge is 0.220 e. The monoisotopic (exact) mass is 222 g/mol. The molecule has 0 radical (unpaired) electrons. The van der Waals surface area contributed by atoms with E-state index in [2.05, 4.69) is 22.7 Å². The van der Waals surface area contributed by atoms with Gasteiger partial charge in [-0.2, -0.15) is 5.10 Å². The lowest BCUT2D eigenvalue weighted by molar-refractivity contribution is -0.119. The Kier molecular flexibility index (Phi) is 3.56. The Morgan fingerprint density at radius 3 is 3.19 bits per heavy atom. The molecule has 5 heteroatoms. The van der Waals surface area contributed by atoms with Crippen LogP contribution in [0.3, 0.4) is 0 Å². The van der Waals surface area contributed by atoms with E-state index < -0.39 is 0 Å². The molecule has 2 rings (SSSR count). The fourth-order valence-corrected chi connectivity index (χ4v) is 1.89. The highest BCUT2D eigenvalue weighted by atomic mass is 16.1. The lowest BCUT2D eigenvalue weighted by Crippen LogP contribution is -2.35. The number of aromatic nitrogens is 2. The van der Waals surface area contributed by atoms with E-state index in [-0.39, 0.29) is 5.91 Å². The van der Waals surface area contributed by atoms with Gasteiger partial charge in [-0.05, 0) is 13.3 Å². The van der Waals surface area contributed by atoms with Crippen LogP contribution in [0.15, 0.2) is 12.4 Å². The van der Waals surface area contributed by atoms with E-state index in [9.17, 15) is 4.79 Å². The van der Waals surface area contributed by atoms with Gasteiger partial charge in [-0.1, -0.05) is 0 Å². The molecule has 1 unspecified atom stereocenters. The number of nitrogens with one attached hydrogen (secondary N) is 2. The zero-order chi connectivity index (χ0) is 11.4. The third-order valence-electron chi connectivity index (χ3n) is 2.82. The number of amides is 1. The van der Waals surface area contributed by atoms with Gasteiger partial charge in [0.1, 0.15) is 0 Å². The van der Waals surface area contributed by atoms with Crippen molar-refractivity contribution in [3.63, 3.8) is 0 Å². The van der Waals surface area contributed by atoms with Crippen LogP contribution in [0.25, 0.3) is 0 Å². The van der Waals surface area contributed by atoms with Gasteiger partial charge in [-0.3, -0.25) is 9.48 Å². The van der Waals surface area contributed by atoms with Gasteiger partial charge in [0.2, 0.25) is 5.91 Å². The lowest BCUT2D eigenvalue weighted by atomic mass is 10.2. The predicted octanol–water partition coefficient (Wildman–Crippen LogP) is 0.271. The first-order valence-corrected chi connectivity index (χ1v) is 5.79. The molecule has 1 aromatic rings. The first kappa shape index (κ1) is 11.1. The van der Waals surface area contributed by atoms with Gasteiger partial charge in [-0.15, -0.1) is 0 Å². The maximum atomic E-state index is 11.0. The second-order valence-electron chi connectivity index (χ2n) is 4.14. The zero-order valence-corrected chi connectivity index (χ0v) is 9.57. The van der Waals surface area contributed by atoms with Crippen molar-refractivity contribution in [2.24, 2.45) is 0 Å². The van der Waals surface area contributed by atoms with E-state index in [1.54, 1.807) is 0 Å². The van der Waals surface area contributed by atoms with Crippen molar-refractivity contribution in [1.82, 2.24) is 20.4 Å². The Bertz CT molecular complexity index is 361. The van der Waals surface area contributed by atoms with Crippen LogP contribution in [0.2, 0.25) is 0 Å². The SMILES string of the molecule is CCn1cc(CNCC2CCC(=O)N2)cn1. The summed E-state index contributed by atoms with van der Waals surface area (Å²) in [4.78, 5) is 11.0. The molecule has 2 heterocycles. The molecule has 88 valence electrons. The molecule has 1 saturated heterocycles. The predicted molar refractivity (Wildman–Crippen MR) is 60.8 cm³/mol. The Balaban J connectivity index is 1.69. The Labute approximate surface area is 95.2 Å². The minimum absolute atomic E-state index is 0.172. The maximum Gasteiger partial charge on any atom is 0.220 e. The summed E-state index contributed by atoms with van der Waals surface area (Å²) in [5.74, 6) is 0.172. The van der Waals surface area contributed by atoms with Gasteiger partial charge in [0, 0.05) is 43.9 Å². The molecule has 1 aliphatic rings. The van der Waals surface area contributed by atoms with E-state index in [0.29, 0.717) is 12.5 Å². The molecular formula is C11H18N4O. The number of hydrogen-bond donors (Lipinski definition) is 2. The summed E-state index contributed by atoms with van der Waals surface area (Å²) in [5.41, 5.74) is 1.19. The highest BCUT2D eigenvalue weighted by Gasteiger charge is 2.19. The van der Waals surface area contributed by atoms with Crippen LogP contribution in [0.4, 0.5) is 0 Å². The number of carbonyl (C=O) groups excluding carboxylic acids is 1. The number of aryl methyl sites for hydroxylation is 1. The first-order chi connectivity index (χ1) is 7.78. The molecule has 1 amide bonds. The van der Waals surface area contributed by atoms with E-state index >= 15 is 0 Å². The van der Waals surface area contributed by atoms with Crippen LogP contribution < -0.4 is 10.6 Å². The maximum absolute atomic E-state index is 11.0. The molecular weight excluding hydrogens is 204 g/mol. The molecule has 5 nitrogen and oxygen atoms in total. The van der Waals surface area contributed by atoms with E-state index in [0.717, 1.165) is 26.1 Å². The van der Waals surface area contributed by atoms with E-state index in [1.807, 2.05) is 17.1 Å². The summed E-state index contributed by atoms with van der Waals surface area (Å²) >= 11 is 0. The summed E-state index contributed by atoms with van der Waals surface area (Å²) in [6, 6.07) is 0.300. The van der Waals surface area contributed by atoms with Crippen LogP contribution in [-0.2, 0) is 17.9 Å². The topological polar surface area (TPSA) is 59.0 Å². The molecule has 16 heavy (non-hydrogen) atoms. The molecule has 0 bridgehead atoms. The van der Waals surface area contributed by atoms with Crippen molar-refractivity contribution < 1.29 is 4.79 Å². The molecule has 1 atom stereocenters. The fourth-order valence-electron chi connectivity index (χ4n) is 1.89. The molecule has 1 fully saturated rings. The minimum atomic E-state index is 0.172. The highest BCUT2D eigenvalue weighted by molar-refractivity contribution is 5.78. The number of hydrogen-bond acceptors (Lipinski definition) is 3.